The first-order valence-corrected chi connectivity index (χ1v) is 13.5. The van der Waals surface area contributed by atoms with Crippen LogP contribution in [-0.4, -0.2) is 29.1 Å². The van der Waals surface area contributed by atoms with Gasteiger partial charge in [0, 0.05) is 29.6 Å². The number of fused-ring (bicyclic) bond motifs is 5. The Morgan fingerprint density at radius 3 is 2.16 bits per heavy atom. The lowest BCUT2D eigenvalue weighted by Gasteiger charge is -2.37. The first kappa shape index (κ1) is 23.2. The summed E-state index contributed by atoms with van der Waals surface area (Å²) < 4.78 is 0. The standard InChI is InChI=1S/C28H38N2OS/c1-3-5-7-13-19-30(20-14-8-6-4-2)28(31)27-25-21-15-9-11-17-23(21)29-26(25)22-16-10-12-18-24(22)32-27/h9-12,15-18,25-27,29H,3-8,13-14,19-20H2,1-2H3. The molecular weight excluding hydrogens is 412 g/mol. The minimum Gasteiger partial charge on any atom is -0.377 e. The summed E-state index contributed by atoms with van der Waals surface area (Å²) in [5.74, 6) is 0.526. The van der Waals surface area contributed by atoms with Gasteiger partial charge in [0.15, 0.2) is 0 Å². The topological polar surface area (TPSA) is 32.3 Å². The van der Waals surface area contributed by atoms with E-state index >= 15 is 0 Å². The van der Waals surface area contributed by atoms with Crippen molar-refractivity contribution in [1.82, 2.24) is 4.90 Å². The van der Waals surface area contributed by atoms with E-state index in [1.807, 2.05) is 0 Å². The summed E-state index contributed by atoms with van der Waals surface area (Å²) in [7, 11) is 0. The predicted octanol–water partition coefficient (Wildman–Crippen LogP) is 7.40. The highest BCUT2D eigenvalue weighted by Crippen LogP contribution is 2.55. The molecular formula is C28H38N2OS. The average Bonchev–Trinajstić information content (AvgIpc) is 3.22. The number of thioether (sulfide) groups is 1. The number of hydrogen-bond acceptors (Lipinski definition) is 3. The molecule has 1 N–H and O–H groups in total. The summed E-state index contributed by atoms with van der Waals surface area (Å²) in [6, 6.07) is 17.4. The molecule has 32 heavy (non-hydrogen) atoms. The van der Waals surface area contributed by atoms with E-state index in [1.165, 1.54) is 60.2 Å². The fourth-order valence-corrected chi connectivity index (χ4v) is 6.66. The number of benzene rings is 2. The lowest BCUT2D eigenvalue weighted by Crippen LogP contribution is -2.43. The maximum absolute atomic E-state index is 14.1. The van der Waals surface area contributed by atoms with E-state index < -0.39 is 0 Å². The van der Waals surface area contributed by atoms with Crippen LogP contribution in [0.2, 0.25) is 0 Å². The molecule has 3 nitrogen and oxygen atoms in total. The van der Waals surface area contributed by atoms with Crippen LogP contribution < -0.4 is 5.32 Å². The second kappa shape index (κ2) is 11.3. The number of carbonyl (C=O) groups is 1. The number of hydrogen-bond donors (Lipinski definition) is 1. The molecule has 0 aromatic heterocycles. The zero-order valence-electron chi connectivity index (χ0n) is 19.7. The van der Waals surface area contributed by atoms with Gasteiger partial charge in [-0.1, -0.05) is 88.8 Å². The van der Waals surface area contributed by atoms with E-state index in [-0.39, 0.29) is 17.2 Å². The molecule has 2 heterocycles. The summed E-state index contributed by atoms with van der Waals surface area (Å²) >= 11 is 1.79. The summed E-state index contributed by atoms with van der Waals surface area (Å²) in [6.45, 7) is 6.29. The summed E-state index contributed by atoms with van der Waals surface area (Å²) in [6.07, 6.45) is 9.63. The van der Waals surface area contributed by atoms with Gasteiger partial charge in [-0.25, -0.2) is 0 Å². The lowest BCUT2D eigenvalue weighted by atomic mass is 9.86. The highest BCUT2D eigenvalue weighted by molar-refractivity contribution is 8.00. The van der Waals surface area contributed by atoms with E-state index in [2.05, 4.69) is 72.6 Å². The van der Waals surface area contributed by atoms with Gasteiger partial charge in [-0.3, -0.25) is 4.79 Å². The zero-order chi connectivity index (χ0) is 22.3. The number of rotatable bonds is 11. The molecule has 4 rings (SSSR count). The summed E-state index contributed by atoms with van der Waals surface area (Å²) in [5.41, 5.74) is 3.82. The fraction of sp³-hybridized carbons (Fsp3) is 0.536. The maximum atomic E-state index is 14.1. The number of para-hydroxylation sites is 1. The van der Waals surface area contributed by atoms with Crippen LogP contribution in [0.25, 0.3) is 0 Å². The molecule has 0 bridgehead atoms. The SMILES string of the molecule is CCCCCCN(CCCCCC)C(=O)C1Sc2ccccc2C2Nc3ccccc3C12. The van der Waals surface area contributed by atoms with Gasteiger partial charge in [-0.2, -0.15) is 0 Å². The van der Waals surface area contributed by atoms with Crippen molar-refractivity contribution in [2.75, 3.05) is 18.4 Å². The molecule has 0 aliphatic carbocycles. The molecule has 3 atom stereocenters. The van der Waals surface area contributed by atoms with Crippen LogP contribution in [0, 0.1) is 0 Å². The van der Waals surface area contributed by atoms with Crippen molar-refractivity contribution >= 4 is 23.4 Å². The molecule has 2 aliphatic rings. The average molecular weight is 451 g/mol. The number of unbranched alkanes of at least 4 members (excludes halogenated alkanes) is 6. The molecule has 0 saturated carbocycles. The van der Waals surface area contributed by atoms with Gasteiger partial charge in [0.05, 0.1) is 11.3 Å². The molecule has 2 aromatic carbocycles. The van der Waals surface area contributed by atoms with E-state index in [0.717, 1.165) is 25.9 Å². The Kier molecular flexibility index (Phi) is 8.18. The van der Waals surface area contributed by atoms with Crippen molar-refractivity contribution in [3.63, 3.8) is 0 Å². The number of anilines is 1. The van der Waals surface area contributed by atoms with Crippen LogP contribution in [-0.2, 0) is 4.79 Å². The minimum atomic E-state index is -0.0663. The van der Waals surface area contributed by atoms with Gasteiger partial charge in [0.2, 0.25) is 5.91 Å². The Morgan fingerprint density at radius 2 is 1.47 bits per heavy atom. The Hall–Kier alpha value is -1.94. The zero-order valence-corrected chi connectivity index (χ0v) is 20.5. The van der Waals surface area contributed by atoms with E-state index in [0.29, 0.717) is 5.91 Å². The second-order valence-corrected chi connectivity index (χ2v) is 10.4. The maximum Gasteiger partial charge on any atom is 0.236 e. The van der Waals surface area contributed by atoms with E-state index in [4.69, 9.17) is 0 Å². The second-order valence-electron chi connectivity index (χ2n) is 9.26. The predicted molar refractivity (Wildman–Crippen MR) is 136 cm³/mol. The lowest BCUT2D eigenvalue weighted by molar-refractivity contribution is -0.131. The van der Waals surface area contributed by atoms with Crippen LogP contribution in [0.5, 0.6) is 0 Å². The monoisotopic (exact) mass is 450 g/mol. The van der Waals surface area contributed by atoms with E-state index in [9.17, 15) is 4.79 Å². The first-order chi connectivity index (χ1) is 15.7. The number of carbonyl (C=O) groups excluding carboxylic acids is 1. The van der Waals surface area contributed by atoms with Crippen LogP contribution in [0.4, 0.5) is 5.69 Å². The van der Waals surface area contributed by atoms with Crippen molar-refractivity contribution in [1.29, 1.82) is 0 Å². The van der Waals surface area contributed by atoms with Crippen LogP contribution in [0.3, 0.4) is 0 Å². The van der Waals surface area contributed by atoms with Gasteiger partial charge in [0.25, 0.3) is 0 Å². The third-order valence-electron chi connectivity index (χ3n) is 6.94. The minimum absolute atomic E-state index is 0.0663. The fourth-order valence-electron chi connectivity index (χ4n) is 5.19. The Bertz CT molecular complexity index is 887. The van der Waals surface area contributed by atoms with Gasteiger partial charge >= 0.3 is 0 Å². The van der Waals surface area contributed by atoms with Gasteiger partial charge in [-0.05, 0) is 36.1 Å². The molecule has 3 unspecified atom stereocenters. The normalized spacial score (nSPS) is 20.8. The van der Waals surface area contributed by atoms with Crippen molar-refractivity contribution in [3.05, 3.63) is 59.7 Å². The first-order valence-electron chi connectivity index (χ1n) is 12.6. The Labute approximate surface area is 198 Å². The van der Waals surface area contributed by atoms with Crippen molar-refractivity contribution in [3.8, 4) is 0 Å². The van der Waals surface area contributed by atoms with Crippen LogP contribution in [0.15, 0.2) is 53.4 Å². The van der Waals surface area contributed by atoms with Gasteiger partial charge in [0.1, 0.15) is 0 Å². The molecule has 0 saturated heterocycles. The quantitative estimate of drug-likeness (QED) is 0.362. The molecule has 4 heteroatoms. The third kappa shape index (κ3) is 5.01. The molecule has 0 radical (unpaired) electrons. The van der Waals surface area contributed by atoms with Crippen molar-refractivity contribution < 1.29 is 4.79 Å². The van der Waals surface area contributed by atoms with Crippen molar-refractivity contribution in [2.45, 2.75) is 87.3 Å². The van der Waals surface area contributed by atoms with Gasteiger partial charge in [-0.15, -0.1) is 11.8 Å². The molecule has 0 fully saturated rings. The van der Waals surface area contributed by atoms with Gasteiger partial charge < -0.3 is 10.2 Å². The number of nitrogens with zero attached hydrogens (tertiary/aromatic N) is 1. The molecule has 0 spiro atoms. The number of nitrogens with one attached hydrogen (secondary N) is 1. The van der Waals surface area contributed by atoms with Crippen molar-refractivity contribution in [2.24, 2.45) is 0 Å². The smallest absolute Gasteiger partial charge is 0.236 e. The Morgan fingerprint density at radius 1 is 0.844 bits per heavy atom. The number of amides is 1. The Balaban J connectivity index is 1.58. The largest absolute Gasteiger partial charge is 0.377 e. The molecule has 2 aliphatic heterocycles. The van der Waals surface area contributed by atoms with Crippen LogP contribution >= 0.6 is 11.8 Å². The van der Waals surface area contributed by atoms with Crippen LogP contribution in [0.1, 0.15) is 88.3 Å². The molecule has 172 valence electrons. The highest BCUT2D eigenvalue weighted by atomic mass is 32.2. The molecule has 1 amide bonds. The summed E-state index contributed by atoms with van der Waals surface area (Å²) in [5, 5.41) is 3.69. The highest BCUT2D eigenvalue weighted by Gasteiger charge is 2.47. The van der Waals surface area contributed by atoms with E-state index in [1.54, 1.807) is 11.8 Å². The molecule has 2 aromatic rings. The third-order valence-corrected chi connectivity index (χ3v) is 8.32. The summed E-state index contributed by atoms with van der Waals surface area (Å²) in [4.78, 5) is 17.5.